The maximum absolute atomic E-state index is 13.1. The summed E-state index contributed by atoms with van der Waals surface area (Å²) in [7, 11) is 1.90. The molecule has 0 aliphatic rings. The lowest BCUT2D eigenvalue weighted by molar-refractivity contribution is 0.305. The molecular formula is C17H19ClFNO. The molecule has 21 heavy (non-hydrogen) atoms. The van der Waals surface area contributed by atoms with Gasteiger partial charge in [-0.3, -0.25) is 0 Å². The molecule has 0 aliphatic heterocycles. The van der Waals surface area contributed by atoms with E-state index in [9.17, 15) is 4.39 Å². The van der Waals surface area contributed by atoms with Crippen LogP contribution in [0.4, 0.5) is 4.39 Å². The molecule has 0 aromatic heterocycles. The van der Waals surface area contributed by atoms with Crippen LogP contribution in [-0.4, -0.2) is 7.05 Å². The molecule has 2 aromatic carbocycles. The lowest BCUT2D eigenvalue weighted by atomic mass is 10.1. The van der Waals surface area contributed by atoms with Crippen LogP contribution in [0.15, 0.2) is 36.4 Å². The van der Waals surface area contributed by atoms with E-state index in [-0.39, 0.29) is 11.9 Å². The molecule has 0 bridgehead atoms. The quantitative estimate of drug-likeness (QED) is 0.868. The Labute approximate surface area is 129 Å². The zero-order valence-electron chi connectivity index (χ0n) is 12.4. The monoisotopic (exact) mass is 307 g/mol. The van der Waals surface area contributed by atoms with Gasteiger partial charge in [0, 0.05) is 6.04 Å². The van der Waals surface area contributed by atoms with Crippen molar-refractivity contribution in [3.63, 3.8) is 0 Å². The smallest absolute Gasteiger partial charge is 0.138 e. The van der Waals surface area contributed by atoms with Gasteiger partial charge in [0.25, 0.3) is 0 Å². The van der Waals surface area contributed by atoms with Crippen LogP contribution in [0.1, 0.15) is 29.7 Å². The normalized spacial score (nSPS) is 12.2. The summed E-state index contributed by atoms with van der Waals surface area (Å²) in [4.78, 5) is 0. The molecule has 0 aliphatic carbocycles. The van der Waals surface area contributed by atoms with E-state index in [4.69, 9.17) is 16.3 Å². The molecule has 0 saturated carbocycles. The summed E-state index contributed by atoms with van der Waals surface area (Å²) >= 11 is 6.25. The third-order valence-electron chi connectivity index (χ3n) is 3.58. The summed E-state index contributed by atoms with van der Waals surface area (Å²) in [5.74, 6) is 0.395. The lowest BCUT2D eigenvalue weighted by Gasteiger charge is -2.14. The van der Waals surface area contributed by atoms with Crippen LogP contribution in [0.2, 0.25) is 5.02 Å². The Kier molecular flexibility index (Phi) is 5.21. The molecule has 1 N–H and O–H groups in total. The van der Waals surface area contributed by atoms with Crippen LogP contribution in [0, 0.1) is 12.7 Å². The molecule has 0 fully saturated rings. The molecule has 0 spiro atoms. The first-order valence-corrected chi connectivity index (χ1v) is 7.23. The highest BCUT2D eigenvalue weighted by Gasteiger charge is 2.08. The fourth-order valence-electron chi connectivity index (χ4n) is 2.05. The summed E-state index contributed by atoms with van der Waals surface area (Å²) in [6.45, 7) is 4.29. The van der Waals surface area contributed by atoms with Crippen molar-refractivity contribution >= 4 is 11.6 Å². The maximum atomic E-state index is 13.1. The number of ether oxygens (including phenoxy) is 1. The van der Waals surface area contributed by atoms with Gasteiger partial charge in [0.1, 0.15) is 18.2 Å². The number of aryl methyl sites for hydroxylation is 1. The second kappa shape index (κ2) is 6.92. The highest BCUT2D eigenvalue weighted by atomic mass is 35.5. The molecule has 2 rings (SSSR count). The summed E-state index contributed by atoms with van der Waals surface area (Å²) in [6.07, 6.45) is 0. The SMILES string of the molecule is CNC(C)c1ccc(OCc2ccc(F)cc2C)c(Cl)c1. The Hall–Kier alpha value is -1.58. The van der Waals surface area contributed by atoms with E-state index in [1.165, 1.54) is 12.1 Å². The Balaban J connectivity index is 2.10. The van der Waals surface area contributed by atoms with Gasteiger partial charge in [0.2, 0.25) is 0 Å². The summed E-state index contributed by atoms with van der Waals surface area (Å²) < 4.78 is 18.8. The van der Waals surface area contributed by atoms with Gasteiger partial charge in [-0.15, -0.1) is 0 Å². The number of halogens is 2. The van der Waals surface area contributed by atoms with Crippen molar-refractivity contribution in [1.29, 1.82) is 0 Å². The minimum Gasteiger partial charge on any atom is -0.487 e. The zero-order valence-corrected chi connectivity index (χ0v) is 13.2. The molecule has 112 valence electrons. The minimum atomic E-state index is -0.236. The van der Waals surface area contributed by atoms with Crippen molar-refractivity contribution in [2.75, 3.05) is 7.05 Å². The van der Waals surface area contributed by atoms with Gasteiger partial charge >= 0.3 is 0 Å². The van der Waals surface area contributed by atoms with Crippen molar-refractivity contribution in [3.05, 3.63) is 63.9 Å². The first-order chi connectivity index (χ1) is 10.0. The van der Waals surface area contributed by atoms with E-state index >= 15 is 0 Å². The third kappa shape index (κ3) is 3.96. The Morgan fingerprint density at radius 2 is 2.00 bits per heavy atom. The third-order valence-corrected chi connectivity index (χ3v) is 3.87. The average molecular weight is 308 g/mol. The average Bonchev–Trinajstić information content (AvgIpc) is 2.46. The second-order valence-electron chi connectivity index (χ2n) is 5.06. The Bertz CT molecular complexity index is 630. The molecule has 2 nitrogen and oxygen atoms in total. The fraction of sp³-hybridized carbons (Fsp3) is 0.294. The lowest BCUT2D eigenvalue weighted by Crippen LogP contribution is -2.12. The first kappa shape index (κ1) is 15.8. The van der Waals surface area contributed by atoms with Crippen LogP contribution >= 0.6 is 11.6 Å². The first-order valence-electron chi connectivity index (χ1n) is 6.86. The highest BCUT2D eigenvalue weighted by Crippen LogP contribution is 2.28. The van der Waals surface area contributed by atoms with E-state index in [1.54, 1.807) is 6.07 Å². The van der Waals surface area contributed by atoms with Crippen LogP contribution in [0.5, 0.6) is 5.75 Å². The molecule has 0 heterocycles. The van der Waals surface area contributed by atoms with Gasteiger partial charge in [-0.2, -0.15) is 0 Å². The standard InChI is InChI=1S/C17H19ClFNO/c1-11-8-15(19)6-4-14(11)10-21-17-7-5-13(9-16(17)18)12(2)20-3/h4-9,12,20H,10H2,1-3H3. The van der Waals surface area contributed by atoms with Crippen molar-refractivity contribution in [2.24, 2.45) is 0 Å². The second-order valence-corrected chi connectivity index (χ2v) is 5.47. The van der Waals surface area contributed by atoms with E-state index in [1.807, 2.05) is 32.2 Å². The molecule has 0 saturated heterocycles. The van der Waals surface area contributed by atoms with Gasteiger partial charge in [-0.25, -0.2) is 4.39 Å². The van der Waals surface area contributed by atoms with Gasteiger partial charge in [0.05, 0.1) is 5.02 Å². The van der Waals surface area contributed by atoms with E-state index < -0.39 is 0 Å². The Morgan fingerprint density at radius 3 is 2.62 bits per heavy atom. The molecule has 4 heteroatoms. The molecule has 0 amide bonds. The summed E-state index contributed by atoms with van der Waals surface area (Å²) in [6, 6.07) is 10.6. The summed E-state index contributed by atoms with van der Waals surface area (Å²) in [5.41, 5.74) is 2.92. The molecular weight excluding hydrogens is 289 g/mol. The van der Waals surface area contributed by atoms with Crippen LogP contribution in [0.3, 0.4) is 0 Å². The molecule has 1 unspecified atom stereocenters. The van der Waals surface area contributed by atoms with E-state index in [0.29, 0.717) is 17.4 Å². The number of hydrogen-bond donors (Lipinski definition) is 1. The minimum absolute atomic E-state index is 0.232. The predicted molar refractivity (Wildman–Crippen MR) is 84.4 cm³/mol. The number of rotatable bonds is 5. The highest BCUT2D eigenvalue weighted by molar-refractivity contribution is 6.32. The van der Waals surface area contributed by atoms with Gasteiger partial charge < -0.3 is 10.1 Å². The predicted octanol–water partition coefficient (Wildman–Crippen LogP) is 4.65. The number of nitrogens with one attached hydrogen (secondary N) is 1. The van der Waals surface area contributed by atoms with Crippen LogP contribution < -0.4 is 10.1 Å². The van der Waals surface area contributed by atoms with Crippen molar-refractivity contribution < 1.29 is 9.13 Å². The van der Waals surface area contributed by atoms with Crippen LogP contribution in [0.25, 0.3) is 0 Å². The van der Waals surface area contributed by atoms with Crippen molar-refractivity contribution in [3.8, 4) is 5.75 Å². The van der Waals surface area contributed by atoms with E-state index in [2.05, 4.69) is 12.2 Å². The van der Waals surface area contributed by atoms with Crippen molar-refractivity contribution in [1.82, 2.24) is 5.32 Å². The van der Waals surface area contributed by atoms with Gasteiger partial charge in [0.15, 0.2) is 0 Å². The van der Waals surface area contributed by atoms with Crippen molar-refractivity contribution in [2.45, 2.75) is 26.5 Å². The summed E-state index contributed by atoms with van der Waals surface area (Å²) in [5, 5.41) is 3.74. The molecule has 0 radical (unpaired) electrons. The number of benzene rings is 2. The number of hydrogen-bond acceptors (Lipinski definition) is 2. The zero-order chi connectivity index (χ0) is 15.4. The fourth-order valence-corrected chi connectivity index (χ4v) is 2.29. The molecule has 1 atom stereocenters. The topological polar surface area (TPSA) is 21.3 Å². The van der Waals surface area contributed by atoms with Gasteiger partial charge in [-0.05, 0) is 61.9 Å². The van der Waals surface area contributed by atoms with Gasteiger partial charge in [-0.1, -0.05) is 23.7 Å². The largest absolute Gasteiger partial charge is 0.487 e. The Morgan fingerprint density at radius 1 is 1.24 bits per heavy atom. The molecule has 2 aromatic rings. The van der Waals surface area contributed by atoms with Crippen LogP contribution in [-0.2, 0) is 6.61 Å². The van der Waals surface area contributed by atoms with E-state index in [0.717, 1.165) is 16.7 Å². The maximum Gasteiger partial charge on any atom is 0.138 e.